The van der Waals surface area contributed by atoms with Gasteiger partial charge in [0.2, 0.25) is 0 Å². The Morgan fingerprint density at radius 2 is 1.93 bits per heavy atom. The van der Waals surface area contributed by atoms with Crippen molar-refractivity contribution in [1.82, 2.24) is 19.9 Å². The Morgan fingerprint density at radius 3 is 2.69 bits per heavy atom. The van der Waals surface area contributed by atoms with Crippen molar-refractivity contribution in [3.8, 4) is 29.6 Å². The van der Waals surface area contributed by atoms with Gasteiger partial charge >= 0.3 is 12.0 Å². The summed E-state index contributed by atoms with van der Waals surface area (Å²) in [6.45, 7) is 5.43. The number of hydrogen-bond acceptors (Lipinski definition) is 10. The molecule has 3 saturated heterocycles. The maximum absolute atomic E-state index is 16.8. The summed E-state index contributed by atoms with van der Waals surface area (Å²) in [5.41, 5.74) is 5.31. The number of halogens is 2. The molecule has 7 rings (SSSR count). The SMILES string of the molecule is C#Cc1c(F)ccc2cc(N)cc(-c3ncc4c(N5CCOCC(C)C5)nc(OC(O)(O)C56CCCN5CCC6)nc4c3F)c12. The summed E-state index contributed by atoms with van der Waals surface area (Å²) in [5.74, 6) is -1.28. The first-order chi connectivity index (χ1) is 21.6. The van der Waals surface area contributed by atoms with Crippen LogP contribution in [0.3, 0.4) is 0 Å². The molecule has 10 nitrogen and oxygen atoms in total. The van der Waals surface area contributed by atoms with E-state index in [1.807, 2.05) is 16.7 Å². The summed E-state index contributed by atoms with van der Waals surface area (Å²) < 4.78 is 43.2. The van der Waals surface area contributed by atoms with Crippen molar-refractivity contribution in [2.45, 2.75) is 44.1 Å². The fourth-order valence-corrected chi connectivity index (χ4v) is 7.32. The van der Waals surface area contributed by atoms with Crippen LogP contribution < -0.4 is 15.4 Å². The van der Waals surface area contributed by atoms with Crippen LogP contribution in [0.2, 0.25) is 0 Å². The van der Waals surface area contributed by atoms with E-state index in [9.17, 15) is 14.6 Å². The normalized spacial score (nSPS) is 20.4. The third kappa shape index (κ3) is 4.82. The Bertz CT molecular complexity index is 1850. The molecule has 4 N–H and O–H groups in total. The van der Waals surface area contributed by atoms with Gasteiger partial charge < -0.3 is 30.3 Å². The van der Waals surface area contributed by atoms with E-state index >= 15 is 4.39 Å². The molecule has 45 heavy (non-hydrogen) atoms. The second kappa shape index (κ2) is 11.0. The van der Waals surface area contributed by atoms with Gasteiger partial charge in [-0.15, -0.1) is 6.42 Å². The Labute approximate surface area is 258 Å². The van der Waals surface area contributed by atoms with Crippen molar-refractivity contribution in [3.63, 3.8) is 0 Å². The van der Waals surface area contributed by atoms with Crippen LogP contribution in [0.5, 0.6) is 6.01 Å². The van der Waals surface area contributed by atoms with E-state index in [-0.39, 0.29) is 39.0 Å². The molecule has 1 unspecified atom stereocenters. The monoisotopic (exact) mass is 616 g/mol. The van der Waals surface area contributed by atoms with Crippen LogP contribution in [-0.4, -0.2) is 81.0 Å². The second-order valence-corrected chi connectivity index (χ2v) is 12.3. The molecule has 3 aliphatic heterocycles. The van der Waals surface area contributed by atoms with E-state index in [0.717, 1.165) is 25.9 Å². The highest BCUT2D eigenvalue weighted by molar-refractivity contribution is 6.03. The third-order valence-corrected chi connectivity index (χ3v) is 9.35. The Morgan fingerprint density at radius 1 is 1.16 bits per heavy atom. The molecule has 12 heteroatoms. The first kappa shape index (κ1) is 29.6. The number of nitrogens with two attached hydrogens (primary N) is 1. The lowest BCUT2D eigenvalue weighted by Gasteiger charge is -2.41. The predicted octanol–water partition coefficient (Wildman–Crippen LogP) is 3.81. The number of fused-ring (bicyclic) bond motifs is 3. The number of ether oxygens (including phenoxy) is 2. The van der Waals surface area contributed by atoms with Gasteiger partial charge in [0, 0.05) is 35.9 Å². The molecule has 0 radical (unpaired) electrons. The van der Waals surface area contributed by atoms with Gasteiger partial charge in [-0.05, 0) is 68.3 Å². The van der Waals surface area contributed by atoms with Gasteiger partial charge in [0.15, 0.2) is 5.82 Å². The van der Waals surface area contributed by atoms with Gasteiger partial charge in [-0.3, -0.25) is 9.88 Å². The van der Waals surface area contributed by atoms with E-state index < -0.39 is 29.2 Å². The van der Waals surface area contributed by atoms with Crippen LogP contribution in [0.25, 0.3) is 32.9 Å². The molecule has 0 amide bonds. The maximum Gasteiger partial charge on any atom is 0.343 e. The van der Waals surface area contributed by atoms with Crippen LogP contribution in [0.15, 0.2) is 30.5 Å². The van der Waals surface area contributed by atoms with Crippen molar-refractivity contribution in [1.29, 1.82) is 0 Å². The molecular formula is C33H34F2N6O4. The molecule has 2 aromatic carbocycles. The van der Waals surface area contributed by atoms with Gasteiger partial charge in [-0.25, -0.2) is 8.78 Å². The Kier molecular flexibility index (Phi) is 7.24. The fourth-order valence-electron chi connectivity index (χ4n) is 7.32. The highest BCUT2D eigenvalue weighted by Crippen LogP contribution is 2.46. The summed E-state index contributed by atoms with van der Waals surface area (Å²) >= 11 is 0. The smallest absolute Gasteiger partial charge is 0.343 e. The average Bonchev–Trinajstić information content (AvgIpc) is 3.55. The second-order valence-electron chi connectivity index (χ2n) is 12.3. The molecule has 234 valence electrons. The van der Waals surface area contributed by atoms with Crippen LogP contribution in [0, 0.1) is 29.9 Å². The fraction of sp³-hybridized carbons (Fsp3) is 0.424. The molecule has 1 atom stereocenters. The van der Waals surface area contributed by atoms with E-state index in [2.05, 4.69) is 20.9 Å². The molecule has 4 aromatic rings. The molecule has 0 aliphatic carbocycles. The number of pyridine rings is 1. The quantitative estimate of drug-likeness (QED) is 0.173. The number of aliphatic hydroxyl groups is 2. The molecule has 5 heterocycles. The van der Waals surface area contributed by atoms with Crippen molar-refractivity contribution in [3.05, 3.63) is 47.7 Å². The number of hydrogen-bond donors (Lipinski definition) is 3. The number of nitrogens with zero attached hydrogens (tertiary/aromatic N) is 5. The van der Waals surface area contributed by atoms with Crippen LogP contribution in [0.4, 0.5) is 20.3 Å². The van der Waals surface area contributed by atoms with Gasteiger partial charge in [-0.1, -0.05) is 18.9 Å². The first-order valence-corrected chi connectivity index (χ1v) is 15.2. The number of aromatic nitrogens is 3. The number of rotatable bonds is 5. The molecule has 0 bridgehead atoms. The van der Waals surface area contributed by atoms with Gasteiger partial charge in [0.25, 0.3) is 0 Å². The number of benzene rings is 2. The summed E-state index contributed by atoms with van der Waals surface area (Å²) in [7, 11) is 0. The lowest BCUT2D eigenvalue weighted by Crippen LogP contribution is -2.62. The predicted molar refractivity (Wildman–Crippen MR) is 165 cm³/mol. The largest absolute Gasteiger partial charge is 0.404 e. The standard InChI is InChI=1S/C33H34F2N6O4/c1-3-22-25(34)7-6-20-14-21(36)15-23(26(20)22)28-27(35)29-24(16-37-28)30(40-12-13-44-18-19(2)17-40)39-31(38-29)45-33(42,43)32-8-4-10-41(32)11-5-9-32/h1,6-7,14-16,19,42-43H,4-5,8-13,17-18,36H2,2H3. The number of terminal acetylenes is 1. The van der Waals surface area contributed by atoms with Crippen LogP contribution >= 0.6 is 0 Å². The molecular weight excluding hydrogens is 582 g/mol. The summed E-state index contributed by atoms with van der Waals surface area (Å²) in [4.78, 5) is 17.4. The topological polar surface area (TPSA) is 130 Å². The average molecular weight is 617 g/mol. The first-order valence-electron chi connectivity index (χ1n) is 15.2. The minimum absolute atomic E-state index is 0.0444. The summed E-state index contributed by atoms with van der Waals surface area (Å²) in [6, 6.07) is 5.50. The molecule has 3 fully saturated rings. The Hall–Kier alpha value is -4.15. The summed E-state index contributed by atoms with van der Waals surface area (Å²) in [6.07, 6.45) is 9.77. The lowest BCUT2D eigenvalue weighted by atomic mass is 9.91. The van der Waals surface area contributed by atoms with Crippen LogP contribution in [0.1, 0.15) is 38.2 Å². The minimum atomic E-state index is -2.63. The van der Waals surface area contributed by atoms with E-state index in [0.29, 0.717) is 56.0 Å². The number of nitrogen functional groups attached to an aromatic ring is 1. The van der Waals surface area contributed by atoms with E-state index in [1.165, 1.54) is 24.4 Å². The number of anilines is 2. The minimum Gasteiger partial charge on any atom is -0.404 e. The summed E-state index contributed by atoms with van der Waals surface area (Å²) in [5, 5.41) is 24.0. The zero-order chi connectivity index (χ0) is 31.5. The van der Waals surface area contributed by atoms with Gasteiger partial charge in [0.05, 0.1) is 24.2 Å². The zero-order valence-electron chi connectivity index (χ0n) is 24.9. The van der Waals surface area contributed by atoms with Gasteiger partial charge in [-0.2, -0.15) is 9.97 Å². The third-order valence-electron chi connectivity index (χ3n) is 9.35. The lowest BCUT2D eigenvalue weighted by molar-refractivity contribution is -0.349. The van der Waals surface area contributed by atoms with Crippen molar-refractivity contribution < 1.29 is 28.5 Å². The molecule has 2 aromatic heterocycles. The van der Waals surface area contributed by atoms with Crippen molar-refractivity contribution >= 4 is 33.2 Å². The van der Waals surface area contributed by atoms with Crippen molar-refractivity contribution in [2.75, 3.05) is 50.0 Å². The molecule has 3 aliphatic rings. The molecule has 0 spiro atoms. The van der Waals surface area contributed by atoms with Crippen LogP contribution in [-0.2, 0) is 4.74 Å². The van der Waals surface area contributed by atoms with Gasteiger partial charge in [0.1, 0.15) is 28.4 Å². The van der Waals surface area contributed by atoms with Crippen molar-refractivity contribution in [2.24, 2.45) is 5.92 Å². The zero-order valence-corrected chi connectivity index (χ0v) is 24.9. The highest BCUT2D eigenvalue weighted by Gasteiger charge is 2.60. The molecule has 0 saturated carbocycles. The maximum atomic E-state index is 16.8. The Balaban J connectivity index is 1.43. The van der Waals surface area contributed by atoms with E-state index in [4.69, 9.17) is 21.6 Å². The van der Waals surface area contributed by atoms with E-state index in [1.54, 1.807) is 6.07 Å². The highest BCUT2D eigenvalue weighted by atomic mass is 19.1.